The van der Waals surface area contributed by atoms with E-state index in [-0.39, 0.29) is 11.6 Å². The van der Waals surface area contributed by atoms with E-state index in [9.17, 15) is 9.59 Å². The van der Waals surface area contributed by atoms with E-state index in [2.05, 4.69) is 15.3 Å². The molecule has 0 saturated heterocycles. The number of ether oxygens (including phenoxy) is 1. The van der Waals surface area contributed by atoms with E-state index in [0.717, 1.165) is 27.8 Å². The maximum Gasteiger partial charge on any atom is 0.355 e. The Morgan fingerprint density at radius 1 is 1.12 bits per heavy atom. The molecule has 158 valence electrons. The molecule has 0 radical (unpaired) electrons. The Balaban J connectivity index is 1.30. The molecule has 0 saturated carbocycles. The molecule has 0 aliphatic carbocycles. The number of aromatic carboxylic acids is 1. The van der Waals surface area contributed by atoms with Crippen LogP contribution in [0, 0.1) is 0 Å². The normalized spacial score (nSPS) is 11.8. The Kier molecular flexibility index (Phi) is 5.12. The van der Waals surface area contributed by atoms with Gasteiger partial charge in [0.25, 0.3) is 5.91 Å². The van der Waals surface area contributed by atoms with E-state index in [1.54, 1.807) is 24.5 Å². The molecular weight excluding hydrogens is 426 g/mol. The summed E-state index contributed by atoms with van der Waals surface area (Å²) in [6.45, 7) is 0.755. The molecule has 1 amide bonds. The molecule has 8 heteroatoms. The standard InChI is InChI=1S/C24H17N3O4S/c28-22(15-4-5-19-18-6-7-25-11-17(18)12-31-21(19)9-15)26-10-14-2-1-3-16(8-14)23-27-20(13-32-23)24(29)30/h1-9,11,13H,10,12H2,(H,26,28)(H,29,30). The van der Waals surface area contributed by atoms with Crippen molar-refractivity contribution in [2.75, 3.05) is 0 Å². The van der Waals surface area contributed by atoms with Gasteiger partial charge < -0.3 is 15.2 Å². The summed E-state index contributed by atoms with van der Waals surface area (Å²) < 4.78 is 5.82. The van der Waals surface area contributed by atoms with Crippen molar-refractivity contribution in [2.24, 2.45) is 0 Å². The van der Waals surface area contributed by atoms with Gasteiger partial charge in [0.2, 0.25) is 0 Å². The zero-order valence-corrected chi connectivity index (χ0v) is 17.6. The second-order valence-electron chi connectivity index (χ2n) is 7.26. The molecule has 0 fully saturated rings. The number of carboxylic acids is 1. The van der Waals surface area contributed by atoms with E-state index >= 15 is 0 Å². The fourth-order valence-electron chi connectivity index (χ4n) is 3.57. The SMILES string of the molecule is O=C(NCc1cccc(-c2nc(C(=O)O)cs2)c1)c1ccc2c(c1)OCc1cnccc1-2. The molecule has 2 aromatic heterocycles. The predicted molar refractivity (Wildman–Crippen MR) is 120 cm³/mol. The Bertz CT molecular complexity index is 1350. The zero-order valence-electron chi connectivity index (χ0n) is 16.7. The number of hydrogen-bond acceptors (Lipinski definition) is 6. The van der Waals surface area contributed by atoms with E-state index in [0.29, 0.717) is 29.5 Å². The second kappa shape index (κ2) is 8.24. The number of carbonyl (C=O) groups is 2. The molecule has 3 heterocycles. The van der Waals surface area contributed by atoms with Crippen LogP contribution in [0.1, 0.15) is 32.0 Å². The lowest BCUT2D eigenvalue weighted by atomic mass is 9.97. The van der Waals surface area contributed by atoms with Crippen molar-refractivity contribution in [1.29, 1.82) is 0 Å². The number of amides is 1. The fraction of sp³-hybridized carbons (Fsp3) is 0.0833. The smallest absolute Gasteiger partial charge is 0.355 e. The molecule has 7 nitrogen and oxygen atoms in total. The molecule has 0 unspecified atom stereocenters. The number of nitrogens with one attached hydrogen (secondary N) is 1. The summed E-state index contributed by atoms with van der Waals surface area (Å²) in [4.78, 5) is 32.1. The largest absolute Gasteiger partial charge is 0.488 e. The highest BCUT2D eigenvalue weighted by Crippen LogP contribution is 2.37. The van der Waals surface area contributed by atoms with Crippen LogP contribution in [0.15, 0.2) is 66.3 Å². The van der Waals surface area contributed by atoms with Crippen LogP contribution in [-0.2, 0) is 13.2 Å². The van der Waals surface area contributed by atoms with Gasteiger partial charge in [0, 0.05) is 46.6 Å². The monoisotopic (exact) mass is 443 g/mol. The number of hydrogen-bond donors (Lipinski definition) is 2. The fourth-order valence-corrected chi connectivity index (χ4v) is 4.36. The van der Waals surface area contributed by atoms with E-state index in [4.69, 9.17) is 9.84 Å². The van der Waals surface area contributed by atoms with Gasteiger partial charge in [0.05, 0.1) is 0 Å². The number of carboxylic acid groups (broad SMARTS) is 1. The number of pyridine rings is 1. The summed E-state index contributed by atoms with van der Waals surface area (Å²) in [5.74, 6) is -0.578. The van der Waals surface area contributed by atoms with Gasteiger partial charge in [-0.2, -0.15) is 0 Å². The molecule has 32 heavy (non-hydrogen) atoms. The van der Waals surface area contributed by atoms with Gasteiger partial charge >= 0.3 is 5.97 Å². The summed E-state index contributed by atoms with van der Waals surface area (Å²) in [7, 11) is 0. The molecule has 0 bridgehead atoms. The van der Waals surface area contributed by atoms with E-state index in [1.165, 1.54) is 16.7 Å². The van der Waals surface area contributed by atoms with Crippen molar-refractivity contribution < 1.29 is 19.4 Å². The molecular formula is C24H17N3O4S. The molecule has 4 aromatic rings. The summed E-state index contributed by atoms with van der Waals surface area (Å²) in [5, 5.41) is 14.1. The third-order valence-electron chi connectivity index (χ3n) is 5.17. The number of aromatic nitrogens is 2. The Morgan fingerprint density at radius 3 is 2.88 bits per heavy atom. The summed E-state index contributed by atoms with van der Waals surface area (Å²) in [6.07, 6.45) is 3.54. The Morgan fingerprint density at radius 2 is 2.03 bits per heavy atom. The number of rotatable bonds is 5. The van der Waals surface area contributed by atoms with Crippen molar-refractivity contribution in [1.82, 2.24) is 15.3 Å². The van der Waals surface area contributed by atoms with E-state index < -0.39 is 5.97 Å². The molecule has 0 atom stereocenters. The highest BCUT2D eigenvalue weighted by atomic mass is 32.1. The summed E-state index contributed by atoms with van der Waals surface area (Å²) >= 11 is 1.27. The molecule has 0 spiro atoms. The third-order valence-corrected chi connectivity index (χ3v) is 6.06. The predicted octanol–water partition coefficient (Wildman–Crippen LogP) is 4.39. The summed E-state index contributed by atoms with van der Waals surface area (Å²) in [6, 6.07) is 14.9. The summed E-state index contributed by atoms with van der Waals surface area (Å²) in [5.41, 5.74) is 5.27. The first-order chi connectivity index (χ1) is 15.6. The van der Waals surface area contributed by atoms with Crippen molar-refractivity contribution in [3.8, 4) is 27.4 Å². The number of benzene rings is 2. The van der Waals surface area contributed by atoms with Gasteiger partial charge in [-0.3, -0.25) is 9.78 Å². The first-order valence-corrected chi connectivity index (χ1v) is 10.7. The first kappa shape index (κ1) is 19.9. The van der Waals surface area contributed by atoms with E-state index in [1.807, 2.05) is 36.4 Å². The van der Waals surface area contributed by atoms with Gasteiger partial charge in [-0.1, -0.05) is 18.2 Å². The van der Waals surface area contributed by atoms with Crippen LogP contribution >= 0.6 is 11.3 Å². The lowest BCUT2D eigenvalue weighted by Crippen LogP contribution is -2.23. The minimum Gasteiger partial charge on any atom is -0.488 e. The van der Waals surface area contributed by atoms with Crippen molar-refractivity contribution in [2.45, 2.75) is 13.2 Å². The maximum atomic E-state index is 12.7. The zero-order chi connectivity index (χ0) is 22.1. The topological polar surface area (TPSA) is 101 Å². The average Bonchev–Trinajstić information content (AvgIpc) is 3.33. The maximum absolute atomic E-state index is 12.7. The van der Waals surface area contributed by atoms with Crippen molar-refractivity contribution in [3.63, 3.8) is 0 Å². The number of nitrogens with zero attached hydrogens (tertiary/aromatic N) is 2. The highest BCUT2D eigenvalue weighted by molar-refractivity contribution is 7.13. The second-order valence-corrected chi connectivity index (χ2v) is 8.12. The molecule has 2 aromatic carbocycles. The third kappa shape index (κ3) is 3.83. The number of thiazole rings is 1. The molecule has 2 N–H and O–H groups in total. The van der Waals surface area contributed by atoms with Crippen LogP contribution in [-0.4, -0.2) is 27.0 Å². The van der Waals surface area contributed by atoms with Gasteiger partial charge in [0.1, 0.15) is 17.4 Å². The van der Waals surface area contributed by atoms with Crippen LogP contribution in [0.2, 0.25) is 0 Å². The lowest BCUT2D eigenvalue weighted by molar-refractivity contribution is 0.0691. The molecule has 1 aliphatic heterocycles. The average molecular weight is 443 g/mol. The van der Waals surface area contributed by atoms with Crippen LogP contribution in [0.25, 0.3) is 21.7 Å². The van der Waals surface area contributed by atoms with Gasteiger partial charge in [0.15, 0.2) is 5.69 Å². The highest BCUT2D eigenvalue weighted by Gasteiger charge is 2.19. The van der Waals surface area contributed by atoms with Gasteiger partial charge in [-0.25, -0.2) is 9.78 Å². The quantitative estimate of drug-likeness (QED) is 0.474. The van der Waals surface area contributed by atoms with Gasteiger partial charge in [-0.15, -0.1) is 11.3 Å². The molecule has 5 rings (SSSR count). The van der Waals surface area contributed by atoms with Crippen LogP contribution in [0.3, 0.4) is 0 Å². The van der Waals surface area contributed by atoms with Crippen molar-refractivity contribution >= 4 is 23.2 Å². The number of fused-ring (bicyclic) bond motifs is 3. The first-order valence-electron chi connectivity index (χ1n) is 9.85. The van der Waals surface area contributed by atoms with Crippen LogP contribution < -0.4 is 10.1 Å². The van der Waals surface area contributed by atoms with Crippen molar-refractivity contribution in [3.05, 3.63) is 88.7 Å². The minimum absolute atomic E-state index is 0.0252. The van der Waals surface area contributed by atoms with Gasteiger partial charge in [-0.05, 0) is 41.5 Å². The van der Waals surface area contributed by atoms with Crippen LogP contribution in [0.5, 0.6) is 5.75 Å². The Labute approximate surface area is 187 Å². The van der Waals surface area contributed by atoms with Crippen LogP contribution in [0.4, 0.5) is 0 Å². The number of carbonyl (C=O) groups excluding carboxylic acids is 1. The molecule has 1 aliphatic rings. The minimum atomic E-state index is -1.05. The lowest BCUT2D eigenvalue weighted by Gasteiger charge is -2.20. The Hall–Kier alpha value is -4.04.